The van der Waals surface area contributed by atoms with Gasteiger partial charge in [-0.25, -0.2) is 4.79 Å². The first-order valence-corrected chi connectivity index (χ1v) is 9.88. The van der Waals surface area contributed by atoms with Gasteiger partial charge in [-0.05, 0) is 55.5 Å². The molecule has 0 aromatic heterocycles. The van der Waals surface area contributed by atoms with Gasteiger partial charge in [0.15, 0.2) is 0 Å². The average Bonchev–Trinajstić information content (AvgIpc) is 2.78. The molecule has 0 unspecified atom stereocenters. The maximum atomic E-state index is 12.7. The van der Waals surface area contributed by atoms with E-state index in [0.717, 1.165) is 5.56 Å². The standard InChI is InChI=1S/C24H25N3O4/c1-3-31-16-18-14-17(12-13-22(18)30-2)23(28)25-20-10-7-11-21(15-20)27-24(29)26-19-8-5-4-6-9-19/h4-15H,3,16H2,1-2H3,(H,25,28)(H2,26,27,29). The summed E-state index contributed by atoms with van der Waals surface area (Å²) in [4.78, 5) is 24.9. The first-order chi connectivity index (χ1) is 15.1. The predicted molar refractivity (Wildman–Crippen MR) is 122 cm³/mol. The van der Waals surface area contributed by atoms with E-state index in [1.165, 1.54) is 0 Å². The van der Waals surface area contributed by atoms with E-state index in [1.54, 1.807) is 61.7 Å². The number of ether oxygens (including phenoxy) is 2. The van der Waals surface area contributed by atoms with E-state index in [9.17, 15) is 9.59 Å². The summed E-state index contributed by atoms with van der Waals surface area (Å²) in [6, 6.07) is 20.9. The molecule has 3 rings (SSSR count). The van der Waals surface area contributed by atoms with Crippen molar-refractivity contribution < 1.29 is 19.1 Å². The van der Waals surface area contributed by atoms with Crippen molar-refractivity contribution >= 4 is 29.0 Å². The van der Waals surface area contributed by atoms with Gasteiger partial charge in [-0.1, -0.05) is 24.3 Å². The van der Waals surface area contributed by atoms with Gasteiger partial charge in [0.25, 0.3) is 5.91 Å². The van der Waals surface area contributed by atoms with Crippen LogP contribution in [0, 0.1) is 0 Å². The van der Waals surface area contributed by atoms with Gasteiger partial charge < -0.3 is 25.4 Å². The number of anilines is 3. The third-order valence-electron chi connectivity index (χ3n) is 4.41. The highest BCUT2D eigenvalue weighted by molar-refractivity contribution is 6.05. The van der Waals surface area contributed by atoms with E-state index in [0.29, 0.717) is 41.6 Å². The molecule has 7 heteroatoms. The number of carbonyl (C=O) groups excluding carboxylic acids is 2. The molecule has 0 aliphatic carbocycles. The lowest BCUT2D eigenvalue weighted by Gasteiger charge is -2.12. The lowest BCUT2D eigenvalue weighted by Crippen LogP contribution is -2.19. The number of methoxy groups -OCH3 is 1. The molecule has 0 saturated carbocycles. The van der Waals surface area contributed by atoms with Crippen molar-refractivity contribution in [2.45, 2.75) is 13.5 Å². The predicted octanol–water partition coefficient (Wildman–Crippen LogP) is 5.13. The lowest BCUT2D eigenvalue weighted by atomic mass is 10.1. The van der Waals surface area contributed by atoms with Gasteiger partial charge in [0.05, 0.1) is 13.7 Å². The molecule has 0 radical (unpaired) electrons. The molecular weight excluding hydrogens is 394 g/mol. The molecule has 31 heavy (non-hydrogen) atoms. The number of nitrogens with one attached hydrogen (secondary N) is 3. The van der Waals surface area contributed by atoms with Gasteiger partial charge in [-0.3, -0.25) is 4.79 Å². The van der Waals surface area contributed by atoms with Gasteiger partial charge in [-0.2, -0.15) is 0 Å². The Morgan fingerprint density at radius 1 is 0.806 bits per heavy atom. The minimum absolute atomic E-state index is 0.272. The van der Waals surface area contributed by atoms with E-state index in [1.807, 2.05) is 25.1 Å². The zero-order valence-electron chi connectivity index (χ0n) is 17.5. The quantitative estimate of drug-likeness (QED) is 0.472. The van der Waals surface area contributed by atoms with Crippen molar-refractivity contribution in [3.63, 3.8) is 0 Å². The SMILES string of the molecule is CCOCc1cc(C(=O)Nc2cccc(NC(=O)Nc3ccccc3)c2)ccc1OC. The van der Waals surface area contributed by atoms with Crippen molar-refractivity contribution in [1.82, 2.24) is 0 Å². The molecule has 0 atom stereocenters. The molecule has 160 valence electrons. The molecule has 3 aromatic carbocycles. The monoisotopic (exact) mass is 419 g/mol. The maximum Gasteiger partial charge on any atom is 0.323 e. The summed E-state index contributed by atoms with van der Waals surface area (Å²) in [5, 5.41) is 8.36. The minimum atomic E-state index is -0.370. The first kappa shape index (κ1) is 21.9. The van der Waals surface area contributed by atoms with Crippen LogP contribution in [0.2, 0.25) is 0 Å². The van der Waals surface area contributed by atoms with Crippen molar-refractivity contribution in [3.05, 3.63) is 83.9 Å². The van der Waals surface area contributed by atoms with Gasteiger partial charge in [0, 0.05) is 34.8 Å². The number of hydrogen-bond acceptors (Lipinski definition) is 4. The van der Waals surface area contributed by atoms with E-state index >= 15 is 0 Å². The summed E-state index contributed by atoms with van der Waals surface area (Å²) in [5.74, 6) is 0.395. The third-order valence-corrected chi connectivity index (χ3v) is 4.41. The topological polar surface area (TPSA) is 88.7 Å². The summed E-state index contributed by atoms with van der Waals surface area (Å²) < 4.78 is 10.8. The second-order valence-corrected chi connectivity index (χ2v) is 6.64. The Bertz CT molecular complexity index is 1040. The van der Waals surface area contributed by atoms with Crippen LogP contribution in [0.1, 0.15) is 22.8 Å². The average molecular weight is 419 g/mol. The highest BCUT2D eigenvalue weighted by Gasteiger charge is 2.11. The molecular formula is C24H25N3O4. The molecule has 0 spiro atoms. The highest BCUT2D eigenvalue weighted by atomic mass is 16.5. The van der Waals surface area contributed by atoms with Gasteiger partial charge in [-0.15, -0.1) is 0 Å². The summed E-state index contributed by atoms with van der Waals surface area (Å²) in [5.41, 5.74) is 3.08. The Morgan fingerprint density at radius 3 is 2.19 bits per heavy atom. The first-order valence-electron chi connectivity index (χ1n) is 9.88. The molecule has 0 aliphatic heterocycles. The molecule has 0 fully saturated rings. The van der Waals surface area contributed by atoms with Crippen LogP contribution in [-0.2, 0) is 11.3 Å². The van der Waals surface area contributed by atoms with Crippen molar-refractivity contribution in [1.29, 1.82) is 0 Å². The second-order valence-electron chi connectivity index (χ2n) is 6.64. The molecule has 3 aromatic rings. The van der Waals surface area contributed by atoms with E-state index in [2.05, 4.69) is 16.0 Å². The van der Waals surface area contributed by atoms with Crippen molar-refractivity contribution in [2.75, 3.05) is 29.7 Å². The minimum Gasteiger partial charge on any atom is -0.496 e. The van der Waals surface area contributed by atoms with Crippen LogP contribution in [0.5, 0.6) is 5.75 Å². The Labute approximate surface area is 181 Å². The van der Waals surface area contributed by atoms with Crippen molar-refractivity contribution in [3.8, 4) is 5.75 Å². The zero-order valence-corrected chi connectivity index (χ0v) is 17.5. The Balaban J connectivity index is 1.66. The molecule has 3 N–H and O–H groups in total. The molecule has 3 amide bonds. The Morgan fingerprint density at radius 2 is 1.48 bits per heavy atom. The number of benzene rings is 3. The van der Waals surface area contributed by atoms with Crippen LogP contribution >= 0.6 is 0 Å². The fourth-order valence-corrected chi connectivity index (χ4v) is 2.94. The molecule has 0 bridgehead atoms. The Hall–Kier alpha value is -3.84. The number of rotatable bonds is 8. The fraction of sp³-hybridized carbons (Fsp3) is 0.167. The third kappa shape index (κ3) is 6.32. The molecule has 7 nitrogen and oxygen atoms in total. The molecule has 0 saturated heterocycles. The number of carbonyl (C=O) groups is 2. The molecule has 0 heterocycles. The van der Waals surface area contributed by atoms with Gasteiger partial charge in [0.2, 0.25) is 0 Å². The van der Waals surface area contributed by atoms with E-state index in [-0.39, 0.29) is 11.9 Å². The summed E-state index contributed by atoms with van der Waals surface area (Å²) >= 11 is 0. The number of urea groups is 1. The summed E-state index contributed by atoms with van der Waals surface area (Å²) in [6.07, 6.45) is 0. The normalized spacial score (nSPS) is 10.3. The second kappa shape index (κ2) is 10.8. The maximum absolute atomic E-state index is 12.7. The van der Waals surface area contributed by atoms with Crippen LogP contribution in [0.3, 0.4) is 0 Å². The van der Waals surface area contributed by atoms with Gasteiger partial charge >= 0.3 is 6.03 Å². The van der Waals surface area contributed by atoms with E-state index < -0.39 is 0 Å². The Kier molecular flexibility index (Phi) is 7.61. The van der Waals surface area contributed by atoms with Gasteiger partial charge in [0.1, 0.15) is 5.75 Å². The highest BCUT2D eigenvalue weighted by Crippen LogP contribution is 2.22. The lowest BCUT2D eigenvalue weighted by molar-refractivity contribution is 0.102. The molecule has 0 aliphatic rings. The van der Waals surface area contributed by atoms with Crippen LogP contribution < -0.4 is 20.7 Å². The van der Waals surface area contributed by atoms with E-state index in [4.69, 9.17) is 9.47 Å². The number of hydrogen-bond donors (Lipinski definition) is 3. The number of amides is 3. The largest absolute Gasteiger partial charge is 0.496 e. The fourth-order valence-electron chi connectivity index (χ4n) is 2.94. The smallest absolute Gasteiger partial charge is 0.323 e. The summed E-state index contributed by atoms with van der Waals surface area (Å²) in [7, 11) is 1.58. The number of para-hydroxylation sites is 1. The van der Waals surface area contributed by atoms with Crippen LogP contribution in [-0.4, -0.2) is 25.7 Å². The van der Waals surface area contributed by atoms with Crippen molar-refractivity contribution in [2.24, 2.45) is 0 Å². The summed E-state index contributed by atoms with van der Waals surface area (Å²) in [6.45, 7) is 2.83. The zero-order chi connectivity index (χ0) is 22.1. The van der Waals surface area contributed by atoms with Crippen LogP contribution in [0.4, 0.5) is 21.9 Å². The van der Waals surface area contributed by atoms with Crippen LogP contribution in [0.25, 0.3) is 0 Å². The van der Waals surface area contributed by atoms with Crippen LogP contribution in [0.15, 0.2) is 72.8 Å².